The van der Waals surface area contributed by atoms with Gasteiger partial charge in [-0.25, -0.2) is 8.42 Å². The molecule has 0 bridgehead atoms. The Bertz CT molecular complexity index is 989. The molecule has 2 N–H and O–H groups in total. The number of aryl methyl sites for hydroxylation is 1. The van der Waals surface area contributed by atoms with Crippen molar-refractivity contribution in [1.29, 1.82) is 0 Å². The van der Waals surface area contributed by atoms with Gasteiger partial charge in [-0.2, -0.15) is 4.31 Å². The molecule has 146 valence electrons. The Morgan fingerprint density at radius 2 is 1.46 bits per heavy atom. The largest absolute Gasteiger partial charge is 0.399 e. The van der Waals surface area contributed by atoms with Crippen LogP contribution < -0.4 is 5.73 Å². The maximum Gasteiger partial charge on any atom is 0.243 e. The Balaban J connectivity index is 1.80. The van der Waals surface area contributed by atoms with Gasteiger partial charge in [-0.1, -0.05) is 54.1 Å². The van der Waals surface area contributed by atoms with E-state index in [9.17, 15) is 8.42 Å². The average molecular weight is 415 g/mol. The van der Waals surface area contributed by atoms with Crippen molar-refractivity contribution >= 4 is 27.3 Å². The summed E-state index contributed by atoms with van der Waals surface area (Å²) in [6.45, 7) is 0.713. The summed E-state index contributed by atoms with van der Waals surface area (Å²) in [6, 6.07) is 23.6. The molecular weight excluding hydrogens is 392 g/mol. The number of nitrogens with zero attached hydrogens (tertiary/aromatic N) is 1. The quantitative estimate of drug-likeness (QED) is 0.541. The van der Waals surface area contributed by atoms with E-state index in [-0.39, 0.29) is 4.90 Å². The molecule has 0 radical (unpaired) electrons. The molecule has 0 aliphatic rings. The van der Waals surface area contributed by atoms with Crippen LogP contribution in [0.1, 0.15) is 17.5 Å². The third kappa shape index (κ3) is 5.35. The van der Waals surface area contributed by atoms with Gasteiger partial charge in [-0.3, -0.25) is 0 Å². The summed E-state index contributed by atoms with van der Waals surface area (Å²) >= 11 is 5.92. The molecule has 0 heterocycles. The minimum atomic E-state index is -3.64. The maximum absolute atomic E-state index is 13.2. The zero-order valence-electron chi connectivity index (χ0n) is 15.5. The van der Waals surface area contributed by atoms with Crippen LogP contribution >= 0.6 is 11.6 Å². The molecular formula is C22H23ClN2O2S. The highest BCUT2D eigenvalue weighted by molar-refractivity contribution is 7.89. The number of benzene rings is 3. The molecule has 0 aliphatic carbocycles. The Morgan fingerprint density at radius 1 is 0.821 bits per heavy atom. The van der Waals surface area contributed by atoms with Crippen molar-refractivity contribution in [2.24, 2.45) is 0 Å². The van der Waals surface area contributed by atoms with Gasteiger partial charge in [0.25, 0.3) is 0 Å². The lowest BCUT2D eigenvalue weighted by Crippen LogP contribution is -2.32. The van der Waals surface area contributed by atoms with Gasteiger partial charge in [0.2, 0.25) is 10.0 Å². The molecule has 0 unspecified atom stereocenters. The Labute approximate surface area is 171 Å². The Kier molecular flexibility index (Phi) is 6.73. The number of rotatable bonds is 8. The number of nitrogen functional groups attached to an aromatic ring is 1. The third-order valence-corrected chi connectivity index (χ3v) is 6.62. The second-order valence-corrected chi connectivity index (χ2v) is 9.00. The van der Waals surface area contributed by atoms with Crippen molar-refractivity contribution < 1.29 is 8.42 Å². The summed E-state index contributed by atoms with van der Waals surface area (Å²) in [7, 11) is -3.64. The lowest BCUT2D eigenvalue weighted by molar-refractivity contribution is 0.399. The normalized spacial score (nSPS) is 11.6. The fourth-order valence-electron chi connectivity index (χ4n) is 2.97. The van der Waals surface area contributed by atoms with E-state index in [4.69, 9.17) is 17.3 Å². The fraction of sp³-hybridized carbons (Fsp3) is 0.182. The van der Waals surface area contributed by atoms with Crippen molar-refractivity contribution in [2.75, 3.05) is 12.3 Å². The van der Waals surface area contributed by atoms with Crippen LogP contribution in [0.15, 0.2) is 83.8 Å². The lowest BCUT2D eigenvalue weighted by Gasteiger charge is -2.22. The molecule has 0 amide bonds. The van der Waals surface area contributed by atoms with Crippen molar-refractivity contribution in [3.05, 3.63) is 95.0 Å². The number of nitrogens with two attached hydrogens (primary N) is 1. The maximum atomic E-state index is 13.2. The predicted octanol–water partition coefficient (Wildman–Crippen LogP) is 4.75. The van der Waals surface area contributed by atoms with Crippen LogP contribution in [0, 0.1) is 0 Å². The van der Waals surface area contributed by atoms with Crippen molar-refractivity contribution in [3.63, 3.8) is 0 Å². The second kappa shape index (κ2) is 9.24. The van der Waals surface area contributed by atoms with E-state index in [1.807, 2.05) is 30.3 Å². The highest BCUT2D eigenvalue weighted by atomic mass is 35.5. The highest BCUT2D eigenvalue weighted by Crippen LogP contribution is 2.21. The van der Waals surface area contributed by atoms with Gasteiger partial charge in [0, 0.05) is 23.8 Å². The molecule has 0 aliphatic heterocycles. The summed E-state index contributed by atoms with van der Waals surface area (Å²) in [5.74, 6) is 0. The number of halogens is 1. The first kappa shape index (κ1) is 20.4. The summed E-state index contributed by atoms with van der Waals surface area (Å²) in [6.07, 6.45) is 1.54. The van der Waals surface area contributed by atoms with E-state index in [1.165, 1.54) is 9.87 Å². The van der Waals surface area contributed by atoms with Gasteiger partial charge in [0.15, 0.2) is 0 Å². The number of hydrogen-bond acceptors (Lipinski definition) is 3. The van der Waals surface area contributed by atoms with Crippen LogP contribution in [-0.2, 0) is 23.0 Å². The first-order chi connectivity index (χ1) is 13.4. The van der Waals surface area contributed by atoms with E-state index in [0.29, 0.717) is 23.8 Å². The predicted molar refractivity (Wildman–Crippen MR) is 115 cm³/mol. The second-order valence-electron chi connectivity index (χ2n) is 6.62. The first-order valence-corrected chi connectivity index (χ1v) is 10.9. The van der Waals surface area contributed by atoms with E-state index in [0.717, 1.165) is 18.4 Å². The molecule has 0 saturated carbocycles. The molecule has 0 atom stereocenters. The molecule has 3 aromatic rings. The summed E-state index contributed by atoms with van der Waals surface area (Å²) in [4.78, 5) is 0.243. The van der Waals surface area contributed by atoms with Gasteiger partial charge in [-0.15, -0.1) is 0 Å². The standard InChI is InChI=1S/C22H23ClN2O2S/c23-20-10-14-22(15-11-20)28(26,27)25(17-19-8-12-21(24)13-9-19)16-4-7-18-5-2-1-3-6-18/h1-3,5-6,8-15H,4,7,16-17,24H2. The van der Waals surface area contributed by atoms with Crippen LogP contribution in [0.3, 0.4) is 0 Å². The zero-order chi connectivity index (χ0) is 20.0. The molecule has 6 heteroatoms. The van der Waals surface area contributed by atoms with Crippen LogP contribution in [0.4, 0.5) is 5.69 Å². The first-order valence-electron chi connectivity index (χ1n) is 9.09. The van der Waals surface area contributed by atoms with Crippen LogP contribution in [-0.4, -0.2) is 19.3 Å². The molecule has 0 spiro atoms. The molecule has 0 aromatic heterocycles. The molecule has 3 aromatic carbocycles. The van der Waals surface area contributed by atoms with Crippen molar-refractivity contribution in [1.82, 2.24) is 4.31 Å². The average Bonchev–Trinajstić information content (AvgIpc) is 2.70. The Morgan fingerprint density at radius 3 is 2.11 bits per heavy atom. The van der Waals surface area contributed by atoms with E-state index >= 15 is 0 Å². The van der Waals surface area contributed by atoms with Gasteiger partial charge < -0.3 is 5.73 Å². The van der Waals surface area contributed by atoms with Crippen molar-refractivity contribution in [2.45, 2.75) is 24.3 Å². The fourth-order valence-corrected chi connectivity index (χ4v) is 4.56. The Hall–Kier alpha value is -2.34. The van der Waals surface area contributed by atoms with Gasteiger partial charge in [0.05, 0.1) is 4.90 Å². The zero-order valence-corrected chi connectivity index (χ0v) is 17.0. The SMILES string of the molecule is Nc1ccc(CN(CCCc2ccccc2)S(=O)(=O)c2ccc(Cl)cc2)cc1. The van der Waals surface area contributed by atoms with Crippen LogP contribution in [0.5, 0.6) is 0 Å². The number of anilines is 1. The van der Waals surface area contributed by atoms with E-state index in [2.05, 4.69) is 12.1 Å². The molecule has 28 heavy (non-hydrogen) atoms. The van der Waals surface area contributed by atoms with Crippen molar-refractivity contribution in [3.8, 4) is 0 Å². The molecule has 4 nitrogen and oxygen atoms in total. The van der Waals surface area contributed by atoms with Gasteiger partial charge >= 0.3 is 0 Å². The molecule has 0 saturated heterocycles. The topological polar surface area (TPSA) is 63.4 Å². The van der Waals surface area contributed by atoms with Gasteiger partial charge in [-0.05, 0) is 60.4 Å². The van der Waals surface area contributed by atoms with E-state index < -0.39 is 10.0 Å². The number of sulfonamides is 1. The van der Waals surface area contributed by atoms with Crippen LogP contribution in [0.2, 0.25) is 5.02 Å². The third-order valence-electron chi connectivity index (χ3n) is 4.51. The summed E-state index contributed by atoms with van der Waals surface area (Å²) in [5.41, 5.74) is 8.49. The lowest BCUT2D eigenvalue weighted by atomic mass is 10.1. The number of hydrogen-bond donors (Lipinski definition) is 1. The summed E-state index contributed by atoms with van der Waals surface area (Å²) in [5, 5.41) is 0.508. The molecule has 0 fully saturated rings. The van der Waals surface area contributed by atoms with Crippen LogP contribution in [0.25, 0.3) is 0 Å². The minimum Gasteiger partial charge on any atom is -0.399 e. The smallest absolute Gasteiger partial charge is 0.243 e. The van der Waals surface area contributed by atoms with Gasteiger partial charge in [0.1, 0.15) is 0 Å². The minimum absolute atomic E-state index is 0.243. The van der Waals surface area contributed by atoms with E-state index in [1.54, 1.807) is 36.4 Å². The molecule has 3 rings (SSSR count). The highest BCUT2D eigenvalue weighted by Gasteiger charge is 2.24. The summed E-state index contributed by atoms with van der Waals surface area (Å²) < 4.78 is 27.9. The monoisotopic (exact) mass is 414 g/mol.